The number of ether oxygens (including phenoxy) is 2. The number of nitrogens with one attached hydrogen (secondary N) is 1. The summed E-state index contributed by atoms with van der Waals surface area (Å²) in [5.74, 6) is 0.290. The van der Waals surface area contributed by atoms with E-state index in [2.05, 4.69) is 15.0 Å². The minimum absolute atomic E-state index is 0.0761. The molecule has 0 fully saturated rings. The van der Waals surface area contributed by atoms with E-state index < -0.39 is 5.97 Å². The van der Waals surface area contributed by atoms with Crippen LogP contribution in [0, 0.1) is 0 Å². The molecule has 6 nitrogen and oxygen atoms in total. The molecule has 0 aliphatic carbocycles. The molecule has 0 bridgehead atoms. The molecular weight excluding hydrogens is 296 g/mol. The maximum Gasteiger partial charge on any atom is 0.339 e. The topological polar surface area (TPSA) is 77.5 Å². The fraction of sp³-hybridized carbons (Fsp3) is 0.235. The van der Waals surface area contributed by atoms with Crippen LogP contribution in [0.1, 0.15) is 34.6 Å². The average Bonchev–Trinajstić information content (AvgIpc) is 2.55. The molecule has 120 valence electrons. The third-order valence-electron chi connectivity index (χ3n) is 2.91. The number of anilines is 1. The van der Waals surface area contributed by atoms with Crippen LogP contribution in [0.2, 0.25) is 0 Å². The fourth-order valence-electron chi connectivity index (χ4n) is 1.85. The van der Waals surface area contributed by atoms with E-state index in [1.165, 1.54) is 19.4 Å². The lowest BCUT2D eigenvalue weighted by atomic mass is 10.2. The lowest BCUT2D eigenvalue weighted by molar-refractivity contribution is 0.0600. The van der Waals surface area contributed by atoms with E-state index in [9.17, 15) is 9.59 Å². The van der Waals surface area contributed by atoms with Crippen molar-refractivity contribution in [2.24, 2.45) is 0 Å². The van der Waals surface area contributed by atoms with E-state index >= 15 is 0 Å². The SMILES string of the molecule is COC(=O)c1ccc(NC(=O)c2ccc(OC(C)C)cc2)nc1. The minimum atomic E-state index is -0.476. The molecule has 1 amide bonds. The van der Waals surface area contributed by atoms with E-state index in [4.69, 9.17) is 4.74 Å². The molecular formula is C17H18N2O4. The predicted octanol–water partition coefficient (Wildman–Crippen LogP) is 2.91. The van der Waals surface area contributed by atoms with Gasteiger partial charge in [0.05, 0.1) is 18.8 Å². The number of nitrogens with zero attached hydrogens (tertiary/aromatic N) is 1. The van der Waals surface area contributed by atoms with E-state index in [0.29, 0.717) is 22.7 Å². The van der Waals surface area contributed by atoms with Crippen molar-refractivity contribution < 1.29 is 19.1 Å². The first-order chi connectivity index (χ1) is 11.0. The highest BCUT2D eigenvalue weighted by molar-refractivity contribution is 6.03. The molecule has 6 heteroatoms. The van der Waals surface area contributed by atoms with Gasteiger partial charge in [-0.1, -0.05) is 0 Å². The van der Waals surface area contributed by atoms with Gasteiger partial charge in [-0.25, -0.2) is 9.78 Å². The van der Waals surface area contributed by atoms with Crippen LogP contribution in [0.3, 0.4) is 0 Å². The van der Waals surface area contributed by atoms with E-state index in [1.54, 1.807) is 30.3 Å². The van der Waals surface area contributed by atoms with E-state index in [1.807, 2.05) is 13.8 Å². The highest BCUT2D eigenvalue weighted by Crippen LogP contribution is 2.15. The number of rotatable bonds is 5. The summed E-state index contributed by atoms with van der Waals surface area (Å²) in [5, 5.41) is 2.66. The van der Waals surface area contributed by atoms with Crippen molar-refractivity contribution in [3.05, 3.63) is 53.7 Å². The summed E-state index contributed by atoms with van der Waals surface area (Å²) in [7, 11) is 1.30. The van der Waals surface area contributed by atoms with Crippen molar-refractivity contribution in [2.75, 3.05) is 12.4 Å². The third kappa shape index (κ3) is 4.54. The van der Waals surface area contributed by atoms with Gasteiger partial charge < -0.3 is 14.8 Å². The summed E-state index contributed by atoms with van der Waals surface area (Å²) in [6.45, 7) is 3.87. The van der Waals surface area contributed by atoms with Crippen LogP contribution in [0.15, 0.2) is 42.6 Å². The Morgan fingerprint density at radius 3 is 2.22 bits per heavy atom. The minimum Gasteiger partial charge on any atom is -0.491 e. The van der Waals surface area contributed by atoms with Gasteiger partial charge in [-0.05, 0) is 50.2 Å². The van der Waals surface area contributed by atoms with E-state index in [-0.39, 0.29) is 12.0 Å². The second kappa shape index (κ2) is 7.40. The van der Waals surface area contributed by atoms with Gasteiger partial charge in [-0.15, -0.1) is 0 Å². The zero-order valence-electron chi connectivity index (χ0n) is 13.2. The average molecular weight is 314 g/mol. The Balaban J connectivity index is 2.02. The normalized spacial score (nSPS) is 10.3. The Morgan fingerprint density at radius 1 is 1.04 bits per heavy atom. The number of carbonyl (C=O) groups excluding carboxylic acids is 2. The van der Waals surface area contributed by atoms with Crippen LogP contribution < -0.4 is 10.1 Å². The number of esters is 1. The summed E-state index contributed by atoms with van der Waals surface area (Å²) in [5.41, 5.74) is 0.806. The maximum atomic E-state index is 12.1. The number of aromatic nitrogens is 1. The standard InChI is InChI=1S/C17H18N2O4/c1-11(2)23-14-7-4-12(5-8-14)16(20)19-15-9-6-13(10-18-15)17(21)22-3/h4-11H,1-3H3,(H,18,19,20). The molecule has 0 saturated heterocycles. The number of amides is 1. The Hall–Kier alpha value is -2.89. The summed E-state index contributed by atoms with van der Waals surface area (Å²) in [6.07, 6.45) is 1.42. The number of methoxy groups -OCH3 is 1. The van der Waals surface area contributed by atoms with Crippen LogP contribution in [-0.2, 0) is 4.74 Å². The van der Waals surface area contributed by atoms with Crippen molar-refractivity contribution in [1.82, 2.24) is 4.98 Å². The predicted molar refractivity (Wildman–Crippen MR) is 85.7 cm³/mol. The van der Waals surface area contributed by atoms with Gasteiger partial charge in [0.25, 0.3) is 5.91 Å². The zero-order chi connectivity index (χ0) is 16.8. The summed E-state index contributed by atoms with van der Waals surface area (Å²) >= 11 is 0. The molecule has 0 aliphatic heterocycles. The second-order valence-electron chi connectivity index (χ2n) is 5.07. The second-order valence-corrected chi connectivity index (χ2v) is 5.07. The van der Waals surface area contributed by atoms with Crippen LogP contribution in [-0.4, -0.2) is 30.1 Å². The van der Waals surface area contributed by atoms with Crippen LogP contribution in [0.4, 0.5) is 5.82 Å². The first-order valence-corrected chi connectivity index (χ1v) is 7.12. The van der Waals surface area contributed by atoms with Crippen molar-refractivity contribution in [2.45, 2.75) is 20.0 Å². The monoisotopic (exact) mass is 314 g/mol. The first kappa shape index (κ1) is 16.5. The molecule has 0 saturated carbocycles. The summed E-state index contributed by atoms with van der Waals surface area (Å²) in [6, 6.07) is 9.91. The van der Waals surface area contributed by atoms with Crippen LogP contribution in [0.5, 0.6) is 5.75 Å². The van der Waals surface area contributed by atoms with E-state index in [0.717, 1.165) is 0 Å². The summed E-state index contributed by atoms with van der Waals surface area (Å²) < 4.78 is 10.1. The van der Waals surface area contributed by atoms with Crippen molar-refractivity contribution in [3.8, 4) is 5.75 Å². The van der Waals surface area contributed by atoms with Gasteiger partial charge in [0.2, 0.25) is 0 Å². The van der Waals surface area contributed by atoms with Crippen LogP contribution >= 0.6 is 0 Å². The largest absolute Gasteiger partial charge is 0.491 e. The molecule has 1 heterocycles. The van der Waals surface area contributed by atoms with Gasteiger partial charge in [0, 0.05) is 11.8 Å². The van der Waals surface area contributed by atoms with Gasteiger partial charge in [0.1, 0.15) is 11.6 Å². The Kier molecular flexibility index (Phi) is 5.30. The molecule has 0 unspecified atom stereocenters. The zero-order valence-corrected chi connectivity index (χ0v) is 13.2. The Morgan fingerprint density at radius 2 is 1.70 bits per heavy atom. The quantitative estimate of drug-likeness (QED) is 0.859. The number of hydrogen-bond acceptors (Lipinski definition) is 5. The van der Waals surface area contributed by atoms with Gasteiger partial charge in [-0.2, -0.15) is 0 Å². The third-order valence-corrected chi connectivity index (χ3v) is 2.91. The fourth-order valence-corrected chi connectivity index (χ4v) is 1.85. The Bertz CT molecular complexity index is 679. The lowest BCUT2D eigenvalue weighted by Gasteiger charge is -2.10. The molecule has 23 heavy (non-hydrogen) atoms. The highest BCUT2D eigenvalue weighted by atomic mass is 16.5. The molecule has 0 aliphatic rings. The molecule has 2 rings (SSSR count). The maximum absolute atomic E-state index is 12.1. The summed E-state index contributed by atoms with van der Waals surface area (Å²) in [4.78, 5) is 27.5. The smallest absolute Gasteiger partial charge is 0.339 e. The van der Waals surface area contributed by atoms with Crippen molar-refractivity contribution in [3.63, 3.8) is 0 Å². The first-order valence-electron chi connectivity index (χ1n) is 7.12. The Labute approximate surface area is 134 Å². The molecule has 1 N–H and O–H groups in total. The lowest BCUT2D eigenvalue weighted by Crippen LogP contribution is -2.13. The van der Waals surface area contributed by atoms with Gasteiger partial charge in [0.15, 0.2) is 0 Å². The molecule has 0 atom stereocenters. The molecule has 0 radical (unpaired) electrons. The van der Waals surface area contributed by atoms with Gasteiger partial charge in [-0.3, -0.25) is 4.79 Å². The number of pyridine rings is 1. The number of benzene rings is 1. The molecule has 0 spiro atoms. The van der Waals surface area contributed by atoms with Crippen molar-refractivity contribution >= 4 is 17.7 Å². The van der Waals surface area contributed by atoms with Gasteiger partial charge >= 0.3 is 5.97 Å². The number of hydrogen-bond donors (Lipinski definition) is 1. The molecule has 2 aromatic rings. The van der Waals surface area contributed by atoms with Crippen molar-refractivity contribution in [1.29, 1.82) is 0 Å². The molecule has 1 aromatic carbocycles. The van der Waals surface area contributed by atoms with Crippen LogP contribution in [0.25, 0.3) is 0 Å². The number of carbonyl (C=O) groups is 2. The highest BCUT2D eigenvalue weighted by Gasteiger charge is 2.09. The molecule has 1 aromatic heterocycles.